The Balaban J connectivity index is 1.60. The van der Waals surface area contributed by atoms with E-state index in [0.717, 1.165) is 6.07 Å². The summed E-state index contributed by atoms with van der Waals surface area (Å²) in [5.74, 6) is -0.701. The van der Waals surface area contributed by atoms with Crippen LogP contribution in [0.2, 0.25) is 0 Å². The Labute approximate surface area is 188 Å². The largest absolute Gasteiger partial charge is 0.507 e. The van der Waals surface area contributed by atoms with Gasteiger partial charge in [-0.1, -0.05) is 6.07 Å². The highest BCUT2D eigenvalue weighted by Crippen LogP contribution is 2.43. The number of hydrogen-bond donors (Lipinski definition) is 6. The lowest BCUT2D eigenvalue weighted by Gasteiger charge is -2.39. The molecule has 1 saturated heterocycles. The third kappa shape index (κ3) is 4.28. The molecule has 2 aromatic rings. The zero-order valence-electron chi connectivity index (χ0n) is 17.5. The molecule has 0 aliphatic carbocycles. The number of phenolic OH excluding ortho intramolecular Hbond substituents is 2. The summed E-state index contributed by atoms with van der Waals surface area (Å²) in [4.78, 5) is 12.7. The molecular weight excluding hydrogens is 440 g/mol. The van der Waals surface area contributed by atoms with Gasteiger partial charge >= 0.3 is 0 Å². The monoisotopic (exact) mass is 464 g/mol. The van der Waals surface area contributed by atoms with Gasteiger partial charge in [0.25, 0.3) is 0 Å². The number of ether oxygens (including phenoxy) is 4. The normalized spacial score (nSPS) is 29.2. The fraction of sp³-hybridized carbons (Fsp3) is 0.409. The molecule has 178 valence electrons. The predicted octanol–water partition coefficient (Wildman–Crippen LogP) is -0.00840. The van der Waals surface area contributed by atoms with Gasteiger partial charge in [-0.3, -0.25) is 4.79 Å². The van der Waals surface area contributed by atoms with Crippen molar-refractivity contribution in [3.05, 3.63) is 41.5 Å². The van der Waals surface area contributed by atoms with E-state index < -0.39 is 49.2 Å². The van der Waals surface area contributed by atoms with Crippen LogP contribution in [0.3, 0.4) is 0 Å². The number of phenols is 2. The summed E-state index contributed by atoms with van der Waals surface area (Å²) in [5, 5.41) is 59.5. The zero-order valence-corrected chi connectivity index (χ0v) is 17.5. The maximum Gasteiger partial charge on any atom is 0.229 e. The number of ketones is 1. The molecule has 0 aromatic heterocycles. The first-order chi connectivity index (χ1) is 15.7. The van der Waals surface area contributed by atoms with Gasteiger partial charge in [0.05, 0.1) is 20.1 Å². The number of aromatic hydroxyl groups is 2. The van der Waals surface area contributed by atoms with Crippen molar-refractivity contribution < 1.29 is 54.4 Å². The molecule has 11 heteroatoms. The van der Waals surface area contributed by atoms with Crippen LogP contribution in [0.1, 0.15) is 28.4 Å². The number of aliphatic hydroxyl groups excluding tert-OH is 4. The first-order valence-electron chi connectivity index (χ1n) is 10.1. The SMILES string of the molecule is COc1cc([C@@H]2CC(=O)c3c(O)cc(O[C@H]4O[C@H](CO)[C@H](O)[C@@H](O)[C@H]4O)cc3O2)ccc1O. The number of Topliss-reactive ketones (excluding diaryl/α,β-unsaturated/α-hetero) is 1. The minimum Gasteiger partial charge on any atom is -0.507 e. The van der Waals surface area contributed by atoms with Crippen LogP contribution in [0, 0.1) is 0 Å². The Morgan fingerprint density at radius 2 is 1.79 bits per heavy atom. The molecule has 11 nitrogen and oxygen atoms in total. The molecule has 33 heavy (non-hydrogen) atoms. The summed E-state index contributed by atoms with van der Waals surface area (Å²) in [6.07, 6.45) is -8.30. The number of hydrogen-bond acceptors (Lipinski definition) is 11. The molecule has 0 unspecified atom stereocenters. The van der Waals surface area contributed by atoms with E-state index in [0.29, 0.717) is 5.56 Å². The average Bonchev–Trinajstić information content (AvgIpc) is 2.79. The van der Waals surface area contributed by atoms with Crippen LogP contribution in [-0.4, -0.2) is 80.8 Å². The molecular formula is C22H24O11. The van der Waals surface area contributed by atoms with Crippen LogP contribution in [0.4, 0.5) is 0 Å². The second-order valence-corrected chi connectivity index (χ2v) is 7.80. The van der Waals surface area contributed by atoms with Gasteiger partial charge in [-0.2, -0.15) is 0 Å². The number of carbonyl (C=O) groups is 1. The number of rotatable bonds is 5. The fourth-order valence-electron chi connectivity index (χ4n) is 3.86. The van der Waals surface area contributed by atoms with Crippen molar-refractivity contribution in [1.29, 1.82) is 0 Å². The second kappa shape index (κ2) is 9.04. The molecule has 0 spiro atoms. The third-order valence-corrected chi connectivity index (χ3v) is 5.65. The lowest BCUT2D eigenvalue weighted by Crippen LogP contribution is -2.60. The van der Waals surface area contributed by atoms with E-state index in [1.165, 1.54) is 25.3 Å². The zero-order chi connectivity index (χ0) is 23.9. The van der Waals surface area contributed by atoms with Crippen LogP contribution >= 0.6 is 0 Å². The highest BCUT2D eigenvalue weighted by Gasteiger charge is 2.45. The predicted molar refractivity (Wildman–Crippen MR) is 109 cm³/mol. The number of aliphatic hydroxyl groups is 4. The third-order valence-electron chi connectivity index (χ3n) is 5.65. The average molecular weight is 464 g/mol. The number of methoxy groups -OCH3 is 1. The van der Waals surface area contributed by atoms with E-state index >= 15 is 0 Å². The molecule has 0 radical (unpaired) electrons. The maximum absolute atomic E-state index is 12.7. The van der Waals surface area contributed by atoms with Gasteiger partial charge in [-0.05, 0) is 17.7 Å². The maximum atomic E-state index is 12.7. The van der Waals surface area contributed by atoms with Gasteiger partial charge < -0.3 is 49.6 Å². The highest BCUT2D eigenvalue weighted by molar-refractivity contribution is 6.02. The molecule has 2 aromatic carbocycles. The Kier molecular flexibility index (Phi) is 6.32. The van der Waals surface area contributed by atoms with E-state index in [-0.39, 0.29) is 40.8 Å². The van der Waals surface area contributed by atoms with E-state index in [1.807, 2.05) is 0 Å². The van der Waals surface area contributed by atoms with Crippen molar-refractivity contribution >= 4 is 5.78 Å². The lowest BCUT2D eigenvalue weighted by atomic mass is 9.95. The number of carbonyl (C=O) groups excluding carboxylic acids is 1. The first-order valence-corrected chi connectivity index (χ1v) is 10.1. The molecule has 2 heterocycles. The van der Waals surface area contributed by atoms with Crippen molar-refractivity contribution in [3.8, 4) is 28.7 Å². The van der Waals surface area contributed by atoms with Crippen molar-refractivity contribution in [3.63, 3.8) is 0 Å². The highest BCUT2D eigenvalue weighted by atomic mass is 16.7. The minimum atomic E-state index is -1.65. The quantitative estimate of drug-likeness (QED) is 0.351. The van der Waals surface area contributed by atoms with Crippen molar-refractivity contribution in [2.24, 2.45) is 0 Å². The van der Waals surface area contributed by atoms with Gasteiger partial charge in [0.2, 0.25) is 6.29 Å². The van der Waals surface area contributed by atoms with Crippen LogP contribution in [0.25, 0.3) is 0 Å². The Morgan fingerprint density at radius 3 is 2.48 bits per heavy atom. The van der Waals surface area contributed by atoms with Crippen LogP contribution in [-0.2, 0) is 4.74 Å². The van der Waals surface area contributed by atoms with Crippen LogP contribution in [0.15, 0.2) is 30.3 Å². The van der Waals surface area contributed by atoms with Crippen molar-refractivity contribution in [2.45, 2.75) is 43.2 Å². The van der Waals surface area contributed by atoms with Gasteiger partial charge in [0.15, 0.2) is 17.3 Å². The van der Waals surface area contributed by atoms with E-state index in [9.17, 15) is 35.4 Å². The standard InChI is InChI=1S/C22H24O11/c1-30-15-4-9(2-3-11(15)24)14-7-13(26)18-12(25)5-10(6-16(18)32-14)31-22-21(29)20(28)19(27)17(8-23)33-22/h2-6,14,17,19-25,27-29H,7-8H2,1H3/t14-,17+,19-,20+,21+,22-/m0/s1. The van der Waals surface area contributed by atoms with E-state index in [2.05, 4.69) is 0 Å². The molecule has 0 amide bonds. The smallest absolute Gasteiger partial charge is 0.229 e. The molecule has 6 atom stereocenters. The summed E-state index contributed by atoms with van der Waals surface area (Å²) in [5.41, 5.74) is 0.515. The molecule has 0 bridgehead atoms. The summed E-state index contributed by atoms with van der Waals surface area (Å²) in [6, 6.07) is 6.97. The topological polar surface area (TPSA) is 175 Å². The summed E-state index contributed by atoms with van der Waals surface area (Å²) < 4.78 is 21.9. The van der Waals surface area contributed by atoms with E-state index in [1.54, 1.807) is 6.07 Å². The summed E-state index contributed by atoms with van der Waals surface area (Å²) in [6.45, 7) is -0.629. The van der Waals surface area contributed by atoms with Crippen molar-refractivity contribution in [2.75, 3.05) is 13.7 Å². The van der Waals surface area contributed by atoms with Gasteiger partial charge in [0.1, 0.15) is 53.3 Å². The Bertz CT molecular complexity index is 1040. The molecule has 4 rings (SSSR count). The molecule has 1 fully saturated rings. The Morgan fingerprint density at radius 1 is 1.03 bits per heavy atom. The second-order valence-electron chi connectivity index (χ2n) is 7.80. The number of benzene rings is 2. The van der Waals surface area contributed by atoms with Gasteiger partial charge in [-0.25, -0.2) is 0 Å². The first kappa shape index (κ1) is 23.1. The lowest BCUT2D eigenvalue weighted by molar-refractivity contribution is -0.277. The van der Waals surface area contributed by atoms with Gasteiger partial charge in [-0.15, -0.1) is 0 Å². The number of fused-ring (bicyclic) bond motifs is 1. The molecule has 0 saturated carbocycles. The van der Waals surface area contributed by atoms with Crippen molar-refractivity contribution in [1.82, 2.24) is 0 Å². The molecule has 2 aliphatic heterocycles. The van der Waals surface area contributed by atoms with Gasteiger partial charge in [0, 0.05) is 12.1 Å². The Hall–Kier alpha value is -3.09. The summed E-state index contributed by atoms with van der Waals surface area (Å²) in [7, 11) is 1.39. The van der Waals surface area contributed by atoms with Crippen LogP contribution < -0.4 is 14.2 Å². The van der Waals surface area contributed by atoms with Crippen LogP contribution in [0.5, 0.6) is 28.7 Å². The molecule has 6 N–H and O–H groups in total. The fourth-order valence-corrected chi connectivity index (χ4v) is 3.86. The summed E-state index contributed by atoms with van der Waals surface area (Å²) >= 11 is 0. The molecule has 2 aliphatic rings. The minimum absolute atomic E-state index is 0.0166. The van der Waals surface area contributed by atoms with E-state index in [4.69, 9.17) is 18.9 Å².